The number of nitrogens with two attached hydrogens (primary N) is 1. The average molecular weight is 206 g/mol. The first-order valence-electron chi connectivity index (χ1n) is 5.86. The highest BCUT2D eigenvalue weighted by Crippen LogP contribution is 2.19. The van der Waals surface area contributed by atoms with Gasteiger partial charge in [0.1, 0.15) is 0 Å². The van der Waals surface area contributed by atoms with Crippen LogP contribution in [0.1, 0.15) is 50.3 Å². The Labute approximate surface area is 92.8 Å². The second-order valence-corrected chi connectivity index (χ2v) is 4.00. The van der Waals surface area contributed by atoms with Crippen molar-refractivity contribution in [1.29, 1.82) is 0 Å². The second-order valence-electron chi connectivity index (χ2n) is 4.00. The summed E-state index contributed by atoms with van der Waals surface area (Å²) in [6, 6.07) is 9.03. The standard InChI is InChI=1S/C13H22N2/c1-3-6-11-8-5-9-12(10-11)13(15-14)7-4-2/h5,8-10,13,15H,3-4,6-7,14H2,1-2H3. The van der Waals surface area contributed by atoms with Crippen molar-refractivity contribution in [1.82, 2.24) is 5.43 Å². The van der Waals surface area contributed by atoms with E-state index in [0.29, 0.717) is 6.04 Å². The van der Waals surface area contributed by atoms with E-state index in [1.807, 2.05) is 0 Å². The molecule has 2 heteroatoms. The molecule has 1 aromatic carbocycles. The second kappa shape index (κ2) is 6.59. The van der Waals surface area contributed by atoms with Crippen LogP contribution in [0.5, 0.6) is 0 Å². The summed E-state index contributed by atoms with van der Waals surface area (Å²) in [5.74, 6) is 5.56. The first kappa shape index (κ1) is 12.2. The van der Waals surface area contributed by atoms with Gasteiger partial charge in [0.2, 0.25) is 0 Å². The van der Waals surface area contributed by atoms with Gasteiger partial charge in [-0.3, -0.25) is 11.3 Å². The molecule has 1 rings (SSSR count). The van der Waals surface area contributed by atoms with E-state index in [9.17, 15) is 0 Å². The molecule has 0 heterocycles. The van der Waals surface area contributed by atoms with Gasteiger partial charge in [-0.1, -0.05) is 51.0 Å². The lowest BCUT2D eigenvalue weighted by Gasteiger charge is -2.16. The van der Waals surface area contributed by atoms with Gasteiger partial charge in [0.05, 0.1) is 0 Å². The molecule has 0 aromatic heterocycles. The minimum absolute atomic E-state index is 0.298. The number of aryl methyl sites for hydroxylation is 1. The lowest BCUT2D eigenvalue weighted by Crippen LogP contribution is -2.27. The van der Waals surface area contributed by atoms with E-state index in [-0.39, 0.29) is 0 Å². The zero-order valence-corrected chi connectivity index (χ0v) is 9.79. The van der Waals surface area contributed by atoms with Crippen molar-refractivity contribution in [2.24, 2.45) is 5.84 Å². The molecule has 0 aliphatic heterocycles. The van der Waals surface area contributed by atoms with Gasteiger partial charge in [0.15, 0.2) is 0 Å². The molecule has 0 fully saturated rings. The highest BCUT2D eigenvalue weighted by atomic mass is 15.2. The molecule has 15 heavy (non-hydrogen) atoms. The third kappa shape index (κ3) is 3.65. The van der Waals surface area contributed by atoms with Crippen molar-refractivity contribution in [3.63, 3.8) is 0 Å². The minimum Gasteiger partial charge on any atom is -0.271 e. The van der Waals surface area contributed by atoms with Crippen molar-refractivity contribution in [3.8, 4) is 0 Å². The molecule has 2 nitrogen and oxygen atoms in total. The summed E-state index contributed by atoms with van der Waals surface area (Å²) in [6.07, 6.45) is 4.58. The molecule has 0 radical (unpaired) electrons. The molecule has 3 N–H and O–H groups in total. The Morgan fingerprint density at radius 3 is 2.67 bits per heavy atom. The highest BCUT2D eigenvalue weighted by Gasteiger charge is 2.08. The first-order chi connectivity index (χ1) is 7.31. The van der Waals surface area contributed by atoms with Gasteiger partial charge < -0.3 is 0 Å². The number of rotatable bonds is 6. The maximum atomic E-state index is 5.56. The summed E-state index contributed by atoms with van der Waals surface area (Å²) in [7, 11) is 0. The molecule has 0 bridgehead atoms. The Bertz CT molecular complexity index is 284. The lowest BCUT2D eigenvalue weighted by atomic mass is 9.99. The highest BCUT2D eigenvalue weighted by molar-refractivity contribution is 5.26. The zero-order valence-electron chi connectivity index (χ0n) is 9.79. The van der Waals surface area contributed by atoms with Crippen LogP contribution in [0.15, 0.2) is 24.3 Å². The molecule has 0 saturated heterocycles. The lowest BCUT2D eigenvalue weighted by molar-refractivity contribution is 0.509. The van der Waals surface area contributed by atoms with Gasteiger partial charge in [-0.2, -0.15) is 0 Å². The van der Waals surface area contributed by atoms with E-state index in [2.05, 4.69) is 43.5 Å². The number of hydrogen-bond donors (Lipinski definition) is 2. The van der Waals surface area contributed by atoms with E-state index < -0.39 is 0 Å². The van der Waals surface area contributed by atoms with Crippen molar-refractivity contribution in [3.05, 3.63) is 35.4 Å². The topological polar surface area (TPSA) is 38.0 Å². The van der Waals surface area contributed by atoms with Crippen LogP contribution in [0, 0.1) is 0 Å². The maximum absolute atomic E-state index is 5.56. The van der Waals surface area contributed by atoms with Crippen LogP contribution < -0.4 is 11.3 Å². The van der Waals surface area contributed by atoms with Gasteiger partial charge in [-0.25, -0.2) is 0 Å². The summed E-state index contributed by atoms with van der Waals surface area (Å²) in [6.45, 7) is 4.39. The minimum atomic E-state index is 0.298. The Kier molecular flexibility index (Phi) is 5.37. The predicted molar refractivity (Wildman–Crippen MR) is 65.4 cm³/mol. The molecule has 1 unspecified atom stereocenters. The third-order valence-electron chi connectivity index (χ3n) is 2.67. The van der Waals surface area contributed by atoms with Crippen LogP contribution in [0.4, 0.5) is 0 Å². The molecule has 1 atom stereocenters. The van der Waals surface area contributed by atoms with Crippen LogP contribution >= 0.6 is 0 Å². The van der Waals surface area contributed by atoms with Gasteiger partial charge >= 0.3 is 0 Å². The molecule has 0 aliphatic carbocycles. The Morgan fingerprint density at radius 1 is 1.27 bits per heavy atom. The maximum Gasteiger partial charge on any atom is 0.0460 e. The summed E-state index contributed by atoms with van der Waals surface area (Å²) in [4.78, 5) is 0. The van der Waals surface area contributed by atoms with E-state index in [0.717, 1.165) is 19.3 Å². The molecule has 1 aromatic rings. The smallest absolute Gasteiger partial charge is 0.0460 e. The normalized spacial score (nSPS) is 12.7. The van der Waals surface area contributed by atoms with Gasteiger partial charge in [-0.05, 0) is 24.0 Å². The number of benzene rings is 1. The summed E-state index contributed by atoms with van der Waals surface area (Å²) < 4.78 is 0. The number of nitrogens with one attached hydrogen (secondary N) is 1. The average Bonchev–Trinajstić information content (AvgIpc) is 2.27. The predicted octanol–water partition coefficient (Wildman–Crippen LogP) is 2.94. The number of hydrazine groups is 1. The van der Waals surface area contributed by atoms with Crippen LogP contribution in [0.3, 0.4) is 0 Å². The van der Waals surface area contributed by atoms with Crippen molar-refractivity contribution in [2.75, 3.05) is 0 Å². The summed E-state index contributed by atoms with van der Waals surface area (Å²) >= 11 is 0. The molecule has 0 amide bonds. The van der Waals surface area contributed by atoms with Crippen molar-refractivity contribution < 1.29 is 0 Å². The largest absolute Gasteiger partial charge is 0.271 e. The molecule has 0 saturated carbocycles. The van der Waals surface area contributed by atoms with Crippen molar-refractivity contribution >= 4 is 0 Å². The molecular weight excluding hydrogens is 184 g/mol. The Morgan fingerprint density at radius 2 is 2.07 bits per heavy atom. The third-order valence-corrected chi connectivity index (χ3v) is 2.67. The summed E-state index contributed by atoms with van der Waals surface area (Å²) in [5, 5.41) is 0. The first-order valence-corrected chi connectivity index (χ1v) is 5.86. The molecule has 0 spiro atoms. The van der Waals surface area contributed by atoms with Crippen LogP contribution in [0.25, 0.3) is 0 Å². The molecule has 0 aliphatic rings. The fraction of sp³-hybridized carbons (Fsp3) is 0.538. The van der Waals surface area contributed by atoms with E-state index in [4.69, 9.17) is 5.84 Å². The fourth-order valence-corrected chi connectivity index (χ4v) is 1.89. The summed E-state index contributed by atoms with van der Waals surface area (Å²) in [5.41, 5.74) is 5.61. The number of hydrogen-bond acceptors (Lipinski definition) is 2. The van der Waals surface area contributed by atoms with Gasteiger partial charge in [0, 0.05) is 6.04 Å². The Hall–Kier alpha value is -0.860. The van der Waals surface area contributed by atoms with Crippen LogP contribution in [0.2, 0.25) is 0 Å². The van der Waals surface area contributed by atoms with E-state index >= 15 is 0 Å². The monoisotopic (exact) mass is 206 g/mol. The zero-order chi connectivity index (χ0) is 11.1. The van der Waals surface area contributed by atoms with E-state index in [1.54, 1.807) is 0 Å². The molecule has 84 valence electrons. The quantitative estimate of drug-likeness (QED) is 0.555. The molecular formula is C13H22N2. The fourth-order valence-electron chi connectivity index (χ4n) is 1.89. The SMILES string of the molecule is CCCc1cccc(C(CCC)NN)c1. The van der Waals surface area contributed by atoms with Crippen LogP contribution in [-0.4, -0.2) is 0 Å². The van der Waals surface area contributed by atoms with Crippen molar-refractivity contribution in [2.45, 2.75) is 45.6 Å². The van der Waals surface area contributed by atoms with E-state index in [1.165, 1.54) is 17.5 Å². The van der Waals surface area contributed by atoms with Crippen LogP contribution in [-0.2, 0) is 6.42 Å². The Balaban J connectivity index is 2.77. The van der Waals surface area contributed by atoms with Gasteiger partial charge in [-0.15, -0.1) is 0 Å². The van der Waals surface area contributed by atoms with Gasteiger partial charge in [0.25, 0.3) is 0 Å².